The second-order valence-corrected chi connectivity index (χ2v) is 7.45. The molecule has 0 atom stereocenters. The van der Waals surface area contributed by atoms with Crippen LogP contribution in [0.1, 0.15) is 21.5 Å². The van der Waals surface area contributed by atoms with E-state index < -0.39 is 0 Å². The van der Waals surface area contributed by atoms with Gasteiger partial charge in [0.1, 0.15) is 18.1 Å². The first kappa shape index (κ1) is 21.4. The van der Waals surface area contributed by atoms with Gasteiger partial charge in [0.25, 0.3) is 5.91 Å². The molecule has 0 aromatic heterocycles. The molecule has 5 nitrogen and oxygen atoms in total. The Morgan fingerprint density at radius 1 is 0.938 bits per heavy atom. The maximum atomic E-state index is 12.6. The molecule has 0 aliphatic heterocycles. The van der Waals surface area contributed by atoms with Crippen molar-refractivity contribution >= 4 is 34.5 Å². The maximum Gasteiger partial charge on any atom is 0.275 e. The lowest BCUT2D eigenvalue weighted by Crippen LogP contribution is -2.18. The molecule has 0 radical (unpaired) electrons. The average molecular weight is 445 g/mol. The van der Waals surface area contributed by atoms with Crippen LogP contribution in [0.3, 0.4) is 0 Å². The standard InChI is InChI=1S/C26H21ClN2O3/c1-31-24-9-5-4-8-22(24)26(30)29-28-16-23-21-7-3-2-6-19(21)12-15-25(23)32-17-18-10-13-20(27)14-11-18/h2-16H,17H2,1H3,(H,29,30)/b28-16-. The number of carbonyl (C=O) groups excluding carboxylic acids is 1. The fourth-order valence-corrected chi connectivity index (χ4v) is 3.45. The third-order valence-corrected chi connectivity index (χ3v) is 5.20. The molecule has 0 unspecified atom stereocenters. The van der Waals surface area contributed by atoms with Crippen molar-refractivity contribution in [1.29, 1.82) is 0 Å². The first-order valence-corrected chi connectivity index (χ1v) is 10.4. The van der Waals surface area contributed by atoms with E-state index in [0.717, 1.165) is 21.9 Å². The predicted molar refractivity (Wildman–Crippen MR) is 128 cm³/mol. The number of amides is 1. The highest BCUT2D eigenvalue weighted by Crippen LogP contribution is 2.27. The number of rotatable bonds is 7. The summed E-state index contributed by atoms with van der Waals surface area (Å²) in [6, 6.07) is 26.3. The number of fused-ring (bicyclic) bond motifs is 1. The van der Waals surface area contributed by atoms with Crippen molar-refractivity contribution in [3.8, 4) is 11.5 Å². The van der Waals surface area contributed by atoms with E-state index in [4.69, 9.17) is 21.1 Å². The highest BCUT2D eigenvalue weighted by molar-refractivity contribution is 6.30. The minimum absolute atomic E-state index is 0.359. The van der Waals surface area contributed by atoms with Gasteiger partial charge in [0.05, 0.1) is 18.9 Å². The molecule has 0 aliphatic carbocycles. The summed E-state index contributed by atoms with van der Waals surface area (Å²) in [6.07, 6.45) is 1.60. The van der Waals surface area contributed by atoms with E-state index in [-0.39, 0.29) is 5.91 Å². The van der Waals surface area contributed by atoms with Crippen molar-refractivity contribution < 1.29 is 14.3 Å². The molecular weight excluding hydrogens is 424 g/mol. The summed E-state index contributed by atoms with van der Waals surface area (Å²) in [6.45, 7) is 0.379. The van der Waals surface area contributed by atoms with Gasteiger partial charge in [-0.25, -0.2) is 5.43 Å². The van der Waals surface area contributed by atoms with Crippen LogP contribution in [-0.4, -0.2) is 19.2 Å². The van der Waals surface area contributed by atoms with E-state index in [1.165, 1.54) is 7.11 Å². The Morgan fingerprint density at radius 2 is 1.69 bits per heavy atom. The van der Waals surface area contributed by atoms with Gasteiger partial charge in [-0.3, -0.25) is 4.79 Å². The lowest BCUT2D eigenvalue weighted by Gasteiger charge is -2.12. The van der Waals surface area contributed by atoms with Gasteiger partial charge >= 0.3 is 0 Å². The van der Waals surface area contributed by atoms with E-state index in [9.17, 15) is 4.79 Å². The SMILES string of the molecule is COc1ccccc1C(=O)N/N=C\c1c(OCc2ccc(Cl)cc2)ccc2ccccc12. The Kier molecular flexibility index (Phi) is 6.68. The van der Waals surface area contributed by atoms with E-state index in [1.54, 1.807) is 30.5 Å². The summed E-state index contributed by atoms with van der Waals surface area (Å²) in [5.41, 5.74) is 4.75. The number of hydrazone groups is 1. The Labute approximate surface area is 191 Å². The largest absolute Gasteiger partial charge is 0.496 e. The van der Waals surface area contributed by atoms with Crippen molar-refractivity contribution in [2.24, 2.45) is 5.10 Å². The van der Waals surface area contributed by atoms with Crippen LogP contribution >= 0.6 is 11.6 Å². The predicted octanol–water partition coefficient (Wildman–Crippen LogP) is 5.84. The summed E-state index contributed by atoms with van der Waals surface area (Å²) in [4.78, 5) is 12.6. The highest BCUT2D eigenvalue weighted by Gasteiger charge is 2.11. The van der Waals surface area contributed by atoms with Crippen molar-refractivity contribution in [2.75, 3.05) is 7.11 Å². The van der Waals surface area contributed by atoms with Crippen LogP contribution in [0.25, 0.3) is 10.8 Å². The van der Waals surface area contributed by atoms with Crippen molar-refractivity contribution in [1.82, 2.24) is 5.43 Å². The number of carbonyl (C=O) groups is 1. The molecule has 0 spiro atoms. The van der Waals surface area contributed by atoms with Crippen molar-refractivity contribution in [3.63, 3.8) is 0 Å². The quantitative estimate of drug-likeness (QED) is 0.287. The Bertz CT molecular complexity index is 1270. The van der Waals surface area contributed by atoms with E-state index >= 15 is 0 Å². The van der Waals surface area contributed by atoms with E-state index in [1.807, 2.05) is 60.7 Å². The Balaban J connectivity index is 1.59. The molecule has 0 saturated carbocycles. The molecule has 0 heterocycles. The van der Waals surface area contributed by atoms with Gasteiger partial charge in [0.2, 0.25) is 0 Å². The van der Waals surface area contributed by atoms with Crippen LogP contribution in [0.4, 0.5) is 0 Å². The highest BCUT2D eigenvalue weighted by atomic mass is 35.5. The fourth-order valence-electron chi connectivity index (χ4n) is 3.32. The van der Waals surface area contributed by atoms with Gasteiger partial charge in [-0.05, 0) is 46.7 Å². The zero-order valence-electron chi connectivity index (χ0n) is 17.4. The number of benzene rings is 4. The number of halogens is 1. The zero-order valence-corrected chi connectivity index (χ0v) is 18.2. The Morgan fingerprint density at radius 3 is 2.50 bits per heavy atom. The molecule has 4 aromatic carbocycles. The van der Waals surface area contributed by atoms with Gasteiger partial charge < -0.3 is 9.47 Å². The molecule has 6 heteroatoms. The number of ether oxygens (including phenoxy) is 2. The molecule has 1 amide bonds. The smallest absolute Gasteiger partial charge is 0.275 e. The molecule has 4 rings (SSSR count). The molecule has 0 saturated heterocycles. The molecule has 1 N–H and O–H groups in total. The third kappa shape index (κ3) is 4.90. The van der Waals surface area contributed by atoms with Gasteiger partial charge in [0, 0.05) is 10.6 Å². The van der Waals surface area contributed by atoms with Crippen LogP contribution in [0, 0.1) is 0 Å². The zero-order chi connectivity index (χ0) is 22.3. The van der Waals surface area contributed by atoms with Gasteiger partial charge in [-0.2, -0.15) is 5.10 Å². The molecule has 0 fully saturated rings. The first-order valence-electron chi connectivity index (χ1n) is 10.0. The van der Waals surface area contributed by atoms with Crippen LogP contribution in [0.5, 0.6) is 11.5 Å². The number of para-hydroxylation sites is 1. The normalized spacial score (nSPS) is 10.9. The fraction of sp³-hybridized carbons (Fsp3) is 0.0769. The van der Waals surface area contributed by atoms with Crippen LogP contribution in [0.2, 0.25) is 5.02 Å². The maximum absolute atomic E-state index is 12.6. The number of nitrogens with zero attached hydrogens (tertiary/aromatic N) is 1. The molecule has 32 heavy (non-hydrogen) atoms. The third-order valence-electron chi connectivity index (χ3n) is 4.95. The lowest BCUT2D eigenvalue weighted by molar-refractivity contribution is 0.0952. The number of nitrogens with one attached hydrogen (secondary N) is 1. The molecular formula is C26H21ClN2O3. The van der Waals surface area contributed by atoms with Crippen LogP contribution < -0.4 is 14.9 Å². The second-order valence-electron chi connectivity index (χ2n) is 7.01. The minimum Gasteiger partial charge on any atom is -0.496 e. The van der Waals surface area contributed by atoms with Crippen molar-refractivity contribution in [3.05, 3.63) is 107 Å². The first-order chi connectivity index (χ1) is 15.7. The lowest BCUT2D eigenvalue weighted by atomic mass is 10.0. The Hall–Kier alpha value is -3.83. The molecule has 0 bridgehead atoms. The molecule has 0 aliphatic rings. The number of hydrogen-bond acceptors (Lipinski definition) is 4. The van der Waals surface area contributed by atoms with Gasteiger partial charge in [-0.1, -0.05) is 66.2 Å². The van der Waals surface area contributed by atoms with Crippen LogP contribution in [0.15, 0.2) is 90.0 Å². The van der Waals surface area contributed by atoms with Crippen molar-refractivity contribution in [2.45, 2.75) is 6.61 Å². The van der Waals surface area contributed by atoms with Gasteiger partial charge in [0.15, 0.2) is 0 Å². The summed E-state index contributed by atoms with van der Waals surface area (Å²) in [5, 5.41) is 6.89. The van der Waals surface area contributed by atoms with E-state index in [0.29, 0.717) is 28.7 Å². The summed E-state index contributed by atoms with van der Waals surface area (Å²) in [7, 11) is 1.52. The number of methoxy groups -OCH3 is 1. The average Bonchev–Trinajstić information content (AvgIpc) is 2.84. The number of hydrogen-bond donors (Lipinski definition) is 1. The van der Waals surface area contributed by atoms with Gasteiger partial charge in [-0.15, -0.1) is 0 Å². The monoisotopic (exact) mass is 444 g/mol. The minimum atomic E-state index is -0.359. The topological polar surface area (TPSA) is 59.9 Å². The molecule has 160 valence electrons. The summed E-state index contributed by atoms with van der Waals surface area (Å²) in [5.74, 6) is 0.786. The second kappa shape index (κ2) is 9.98. The summed E-state index contributed by atoms with van der Waals surface area (Å²) < 4.78 is 11.3. The summed E-state index contributed by atoms with van der Waals surface area (Å²) >= 11 is 5.96. The van der Waals surface area contributed by atoms with Crippen LogP contribution in [-0.2, 0) is 6.61 Å². The van der Waals surface area contributed by atoms with E-state index in [2.05, 4.69) is 10.5 Å². The molecule has 4 aromatic rings.